The van der Waals surface area contributed by atoms with Crippen LogP contribution in [0, 0.1) is 0 Å². The molecule has 1 rings (SSSR count). The Labute approximate surface area is 128 Å². The highest BCUT2D eigenvalue weighted by Crippen LogP contribution is 2.10. The van der Waals surface area contributed by atoms with Crippen molar-refractivity contribution in [1.29, 1.82) is 0 Å². The van der Waals surface area contributed by atoms with Crippen molar-refractivity contribution < 1.29 is 14.3 Å². The van der Waals surface area contributed by atoms with E-state index in [1.54, 1.807) is 0 Å². The summed E-state index contributed by atoms with van der Waals surface area (Å²) in [6, 6.07) is 10.4. The Balaban J connectivity index is 2.15. The molecule has 0 aliphatic rings. The summed E-state index contributed by atoms with van der Waals surface area (Å²) in [6.07, 6.45) is 6.67. The average molecular weight is 290 g/mol. The van der Waals surface area contributed by atoms with Gasteiger partial charge >= 0.3 is 5.97 Å². The molecule has 0 aliphatic carbocycles. The molecule has 3 nitrogen and oxygen atoms in total. The number of hydrogen-bond donors (Lipinski definition) is 0. The van der Waals surface area contributed by atoms with Crippen molar-refractivity contribution in [2.24, 2.45) is 0 Å². The summed E-state index contributed by atoms with van der Waals surface area (Å²) in [4.78, 5) is 10.7. The highest BCUT2D eigenvalue weighted by molar-refractivity contribution is 5.65. The quantitative estimate of drug-likeness (QED) is 0.352. The predicted octanol–water partition coefficient (Wildman–Crippen LogP) is 3.92. The van der Waals surface area contributed by atoms with Gasteiger partial charge in [-0.05, 0) is 37.7 Å². The Bertz CT molecular complexity index is 400. The van der Waals surface area contributed by atoms with Crippen LogP contribution >= 0.6 is 0 Å². The Kier molecular flexibility index (Phi) is 9.21. The normalized spacial score (nSPS) is 11.9. The van der Waals surface area contributed by atoms with E-state index < -0.39 is 0 Å². The third kappa shape index (κ3) is 9.03. The van der Waals surface area contributed by atoms with E-state index in [4.69, 9.17) is 9.47 Å². The van der Waals surface area contributed by atoms with Gasteiger partial charge in [-0.2, -0.15) is 0 Å². The summed E-state index contributed by atoms with van der Waals surface area (Å²) in [7, 11) is 0. The highest BCUT2D eigenvalue weighted by Gasteiger charge is 2.07. The number of esters is 1. The molecule has 21 heavy (non-hydrogen) atoms. The molecule has 0 spiro atoms. The number of ether oxygens (including phenoxy) is 2. The SMILES string of the molecule is C=CCC(CCCOC(C)=O)OCCCc1ccccc1. The van der Waals surface area contributed by atoms with Crippen LogP contribution in [0.25, 0.3) is 0 Å². The van der Waals surface area contributed by atoms with E-state index in [1.807, 2.05) is 12.1 Å². The van der Waals surface area contributed by atoms with Crippen LogP contribution < -0.4 is 0 Å². The van der Waals surface area contributed by atoms with Crippen molar-refractivity contribution in [2.45, 2.75) is 45.1 Å². The summed E-state index contributed by atoms with van der Waals surface area (Å²) in [5, 5.41) is 0. The van der Waals surface area contributed by atoms with Gasteiger partial charge in [0.05, 0.1) is 12.7 Å². The van der Waals surface area contributed by atoms with Crippen LogP contribution in [0.5, 0.6) is 0 Å². The number of benzene rings is 1. The molecule has 1 aromatic rings. The first-order valence-electron chi connectivity index (χ1n) is 7.62. The third-order valence-electron chi connectivity index (χ3n) is 3.21. The number of hydrogen-bond acceptors (Lipinski definition) is 3. The van der Waals surface area contributed by atoms with E-state index in [-0.39, 0.29) is 12.1 Å². The molecular weight excluding hydrogens is 264 g/mol. The second kappa shape index (κ2) is 11.1. The average Bonchev–Trinajstić information content (AvgIpc) is 2.48. The Morgan fingerprint density at radius 3 is 2.67 bits per heavy atom. The van der Waals surface area contributed by atoms with Gasteiger partial charge in [-0.25, -0.2) is 0 Å². The third-order valence-corrected chi connectivity index (χ3v) is 3.21. The van der Waals surface area contributed by atoms with E-state index in [2.05, 4.69) is 30.8 Å². The zero-order valence-corrected chi connectivity index (χ0v) is 12.9. The summed E-state index contributed by atoms with van der Waals surface area (Å²) < 4.78 is 10.8. The molecule has 0 fully saturated rings. The van der Waals surface area contributed by atoms with Crippen LogP contribution in [-0.2, 0) is 20.7 Å². The molecule has 0 radical (unpaired) electrons. The lowest BCUT2D eigenvalue weighted by molar-refractivity contribution is -0.141. The van der Waals surface area contributed by atoms with Crippen molar-refractivity contribution in [3.05, 3.63) is 48.6 Å². The smallest absolute Gasteiger partial charge is 0.302 e. The van der Waals surface area contributed by atoms with Crippen molar-refractivity contribution in [3.8, 4) is 0 Å². The fourth-order valence-electron chi connectivity index (χ4n) is 2.15. The molecule has 0 aliphatic heterocycles. The van der Waals surface area contributed by atoms with E-state index in [0.717, 1.165) is 38.7 Å². The molecule has 0 bridgehead atoms. The minimum Gasteiger partial charge on any atom is -0.466 e. The fraction of sp³-hybridized carbons (Fsp3) is 0.500. The molecular formula is C18H26O3. The fourth-order valence-corrected chi connectivity index (χ4v) is 2.15. The van der Waals surface area contributed by atoms with Gasteiger partial charge in [0.1, 0.15) is 0 Å². The van der Waals surface area contributed by atoms with Gasteiger partial charge in [-0.15, -0.1) is 6.58 Å². The number of rotatable bonds is 11. The van der Waals surface area contributed by atoms with Crippen molar-refractivity contribution >= 4 is 5.97 Å². The minimum absolute atomic E-state index is 0.175. The zero-order chi connectivity index (χ0) is 15.3. The van der Waals surface area contributed by atoms with Gasteiger partial charge < -0.3 is 9.47 Å². The lowest BCUT2D eigenvalue weighted by Gasteiger charge is -2.16. The van der Waals surface area contributed by atoms with Crippen LogP contribution in [0.1, 0.15) is 38.2 Å². The Morgan fingerprint density at radius 1 is 1.24 bits per heavy atom. The molecule has 116 valence electrons. The van der Waals surface area contributed by atoms with Gasteiger partial charge in [0.25, 0.3) is 0 Å². The first-order valence-corrected chi connectivity index (χ1v) is 7.62. The first-order chi connectivity index (χ1) is 10.2. The molecule has 1 atom stereocenters. The predicted molar refractivity (Wildman–Crippen MR) is 85.2 cm³/mol. The number of aryl methyl sites for hydroxylation is 1. The first kappa shape index (κ1) is 17.4. The maximum Gasteiger partial charge on any atom is 0.302 e. The minimum atomic E-state index is -0.223. The van der Waals surface area contributed by atoms with Crippen LogP contribution in [0.2, 0.25) is 0 Å². The van der Waals surface area contributed by atoms with Gasteiger partial charge in [0.2, 0.25) is 0 Å². The van der Waals surface area contributed by atoms with E-state index in [0.29, 0.717) is 6.61 Å². The second-order valence-electron chi connectivity index (χ2n) is 5.09. The largest absolute Gasteiger partial charge is 0.466 e. The van der Waals surface area contributed by atoms with Crippen molar-refractivity contribution in [2.75, 3.05) is 13.2 Å². The number of carbonyl (C=O) groups is 1. The highest BCUT2D eigenvalue weighted by atomic mass is 16.5. The lowest BCUT2D eigenvalue weighted by Crippen LogP contribution is -2.15. The molecule has 0 aromatic heterocycles. The van der Waals surface area contributed by atoms with Crippen LogP contribution in [0.3, 0.4) is 0 Å². The molecule has 0 amide bonds. The van der Waals surface area contributed by atoms with E-state index in [9.17, 15) is 4.79 Å². The number of carbonyl (C=O) groups excluding carboxylic acids is 1. The molecule has 1 unspecified atom stereocenters. The van der Waals surface area contributed by atoms with Crippen LogP contribution in [-0.4, -0.2) is 25.3 Å². The molecule has 0 heterocycles. The van der Waals surface area contributed by atoms with Gasteiger partial charge in [0, 0.05) is 13.5 Å². The van der Waals surface area contributed by atoms with Crippen molar-refractivity contribution in [3.63, 3.8) is 0 Å². The summed E-state index contributed by atoms with van der Waals surface area (Å²) in [6.45, 7) is 6.42. The molecule has 0 saturated carbocycles. The Morgan fingerprint density at radius 2 is 2.00 bits per heavy atom. The van der Waals surface area contributed by atoms with Gasteiger partial charge in [0.15, 0.2) is 0 Å². The molecule has 0 saturated heterocycles. The molecule has 1 aromatic carbocycles. The van der Waals surface area contributed by atoms with E-state index in [1.165, 1.54) is 12.5 Å². The molecule has 3 heteroatoms. The Hall–Kier alpha value is -1.61. The molecule has 0 N–H and O–H groups in total. The summed E-state index contributed by atoms with van der Waals surface area (Å²) >= 11 is 0. The monoisotopic (exact) mass is 290 g/mol. The zero-order valence-electron chi connectivity index (χ0n) is 12.9. The summed E-state index contributed by atoms with van der Waals surface area (Å²) in [5.41, 5.74) is 1.34. The second-order valence-corrected chi connectivity index (χ2v) is 5.09. The van der Waals surface area contributed by atoms with E-state index >= 15 is 0 Å². The maximum atomic E-state index is 10.7. The lowest BCUT2D eigenvalue weighted by atomic mass is 10.1. The van der Waals surface area contributed by atoms with Crippen LogP contribution in [0.4, 0.5) is 0 Å². The maximum absolute atomic E-state index is 10.7. The summed E-state index contributed by atoms with van der Waals surface area (Å²) in [5.74, 6) is -0.223. The standard InChI is InChI=1S/C18H26O3/c1-3-9-18(13-8-14-20-16(2)19)21-15-7-12-17-10-5-4-6-11-17/h3-6,10-11,18H,1,7-9,12-15H2,2H3. The van der Waals surface area contributed by atoms with Crippen LogP contribution in [0.15, 0.2) is 43.0 Å². The van der Waals surface area contributed by atoms with Gasteiger partial charge in [-0.3, -0.25) is 4.79 Å². The topological polar surface area (TPSA) is 35.5 Å². The van der Waals surface area contributed by atoms with Gasteiger partial charge in [-0.1, -0.05) is 36.4 Å². The van der Waals surface area contributed by atoms with Crippen molar-refractivity contribution in [1.82, 2.24) is 0 Å².